The number of carbonyl (C=O) groups is 1. The summed E-state index contributed by atoms with van der Waals surface area (Å²) in [7, 11) is 0. The zero-order valence-electron chi connectivity index (χ0n) is 6.75. The Hall–Kier alpha value is -0.0200. The zero-order valence-corrected chi connectivity index (χ0v) is 7.56. The van der Waals surface area contributed by atoms with E-state index in [9.17, 15) is 9.90 Å². The minimum atomic E-state index is -0.372. The quantitative estimate of drug-likeness (QED) is 0.680. The van der Waals surface area contributed by atoms with Crippen molar-refractivity contribution < 1.29 is 9.90 Å². The molecule has 64 valence electrons. The van der Waals surface area contributed by atoms with Gasteiger partial charge in [-0.05, 0) is 12.2 Å². The van der Waals surface area contributed by atoms with Gasteiger partial charge < -0.3 is 5.11 Å². The predicted octanol–water partition coefficient (Wildman–Crippen LogP) is 1.08. The fourth-order valence-corrected chi connectivity index (χ4v) is 2.53. The molecule has 1 N–H and O–H groups in total. The Morgan fingerprint density at radius 1 is 1.73 bits per heavy atom. The zero-order chi connectivity index (χ0) is 8.27. The van der Waals surface area contributed by atoms with E-state index in [4.69, 9.17) is 0 Å². The maximum absolute atomic E-state index is 11.2. The van der Waals surface area contributed by atoms with Crippen molar-refractivity contribution in [1.29, 1.82) is 0 Å². The van der Waals surface area contributed by atoms with Crippen LogP contribution in [0.1, 0.15) is 19.8 Å². The second-order valence-electron chi connectivity index (χ2n) is 2.86. The molecule has 1 heterocycles. The molecule has 0 aromatic rings. The molecule has 11 heavy (non-hydrogen) atoms. The monoisotopic (exact) mass is 174 g/mol. The third kappa shape index (κ3) is 2.20. The molecule has 1 fully saturated rings. The molecule has 0 aromatic carbocycles. The van der Waals surface area contributed by atoms with Crippen molar-refractivity contribution in [3.8, 4) is 0 Å². The molecule has 1 aliphatic rings. The number of Topliss-reactive ketones (excluding diaryl/α,β-unsaturated/α-hetero) is 1. The first-order valence-corrected chi connectivity index (χ1v) is 5.19. The Kier molecular flexibility index (Phi) is 3.40. The normalized spacial score (nSPS) is 31.8. The fraction of sp³-hybridized carbons (Fsp3) is 0.875. The average molecular weight is 174 g/mol. The van der Waals surface area contributed by atoms with Crippen LogP contribution in [0.4, 0.5) is 0 Å². The molecule has 1 saturated heterocycles. The maximum atomic E-state index is 11.2. The van der Waals surface area contributed by atoms with Gasteiger partial charge in [0.1, 0.15) is 5.78 Å². The van der Waals surface area contributed by atoms with Crippen LogP contribution < -0.4 is 0 Å². The van der Waals surface area contributed by atoms with Crippen molar-refractivity contribution in [2.24, 2.45) is 5.92 Å². The lowest BCUT2D eigenvalue weighted by atomic mass is 9.96. The summed E-state index contributed by atoms with van der Waals surface area (Å²) in [4.78, 5) is 11.2. The molecule has 0 amide bonds. The fourth-order valence-electron chi connectivity index (χ4n) is 1.30. The van der Waals surface area contributed by atoms with Crippen LogP contribution in [0, 0.1) is 5.92 Å². The predicted molar refractivity (Wildman–Crippen MR) is 46.7 cm³/mol. The van der Waals surface area contributed by atoms with Gasteiger partial charge in [-0.3, -0.25) is 4.79 Å². The van der Waals surface area contributed by atoms with Crippen molar-refractivity contribution in [2.45, 2.75) is 25.9 Å². The molecule has 1 aliphatic heterocycles. The molecule has 0 bridgehead atoms. The lowest BCUT2D eigenvalue weighted by Crippen LogP contribution is -2.33. The summed E-state index contributed by atoms with van der Waals surface area (Å²) >= 11 is 1.77. The van der Waals surface area contributed by atoms with Gasteiger partial charge in [0, 0.05) is 12.2 Å². The minimum absolute atomic E-state index is 0.0845. The van der Waals surface area contributed by atoms with Crippen molar-refractivity contribution >= 4 is 17.5 Å². The van der Waals surface area contributed by atoms with Gasteiger partial charge >= 0.3 is 0 Å². The van der Waals surface area contributed by atoms with Crippen molar-refractivity contribution in [3.63, 3.8) is 0 Å². The second-order valence-corrected chi connectivity index (χ2v) is 4.01. The molecule has 2 atom stereocenters. The summed E-state index contributed by atoms with van der Waals surface area (Å²) in [5.74, 6) is 1.94. The molecule has 1 rings (SSSR count). The van der Waals surface area contributed by atoms with Crippen LogP contribution >= 0.6 is 11.8 Å². The van der Waals surface area contributed by atoms with Gasteiger partial charge in [0.05, 0.1) is 12.0 Å². The molecule has 3 heteroatoms. The van der Waals surface area contributed by atoms with Crippen molar-refractivity contribution in [1.82, 2.24) is 0 Å². The van der Waals surface area contributed by atoms with E-state index < -0.39 is 0 Å². The van der Waals surface area contributed by atoms with Crippen LogP contribution in [0.15, 0.2) is 0 Å². The maximum Gasteiger partial charge on any atom is 0.139 e. The van der Waals surface area contributed by atoms with E-state index in [1.807, 2.05) is 6.92 Å². The van der Waals surface area contributed by atoms with Crippen LogP contribution in [-0.4, -0.2) is 28.5 Å². The van der Waals surface area contributed by atoms with Gasteiger partial charge in [-0.25, -0.2) is 0 Å². The molecule has 0 aromatic heterocycles. The minimum Gasteiger partial charge on any atom is -0.392 e. The van der Waals surface area contributed by atoms with Gasteiger partial charge in [0.2, 0.25) is 0 Å². The summed E-state index contributed by atoms with van der Waals surface area (Å²) in [6, 6.07) is 0. The van der Waals surface area contributed by atoms with Crippen molar-refractivity contribution in [3.05, 3.63) is 0 Å². The highest BCUT2D eigenvalue weighted by molar-refractivity contribution is 7.99. The second kappa shape index (κ2) is 4.12. The standard InChI is InChI=1S/C8H14O2S/c1-2-7(9)6-5-11-4-3-8(6)10/h6,8,10H,2-5H2,1H3/t6-,8-/m0/s1. The van der Waals surface area contributed by atoms with E-state index >= 15 is 0 Å². The number of rotatable bonds is 2. The van der Waals surface area contributed by atoms with Gasteiger partial charge in [-0.2, -0.15) is 11.8 Å². The van der Waals surface area contributed by atoms with Gasteiger partial charge in [-0.15, -0.1) is 0 Å². The van der Waals surface area contributed by atoms with E-state index in [1.165, 1.54) is 0 Å². The molecule has 0 spiro atoms. The van der Waals surface area contributed by atoms with E-state index in [0.717, 1.165) is 17.9 Å². The topological polar surface area (TPSA) is 37.3 Å². The molecule has 2 nitrogen and oxygen atoms in total. The Morgan fingerprint density at radius 2 is 2.45 bits per heavy atom. The number of carbonyl (C=O) groups excluding carboxylic acids is 1. The molecule has 0 radical (unpaired) electrons. The van der Waals surface area contributed by atoms with Gasteiger partial charge in [0.25, 0.3) is 0 Å². The summed E-state index contributed by atoms with van der Waals surface area (Å²) in [5, 5.41) is 9.44. The number of aliphatic hydroxyl groups is 1. The van der Waals surface area contributed by atoms with E-state index in [2.05, 4.69) is 0 Å². The lowest BCUT2D eigenvalue weighted by Gasteiger charge is -2.25. The third-order valence-corrected chi connectivity index (χ3v) is 3.20. The van der Waals surface area contributed by atoms with Crippen molar-refractivity contribution in [2.75, 3.05) is 11.5 Å². The van der Waals surface area contributed by atoms with Crippen LogP contribution in [0.2, 0.25) is 0 Å². The first kappa shape index (κ1) is 9.07. The van der Waals surface area contributed by atoms with E-state index in [1.54, 1.807) is 11.8 Å². The molecule has 0 saturated carbocycles. The Bertz CT molecular complexity index is 147. The first-order valence-electron chi connectivity index (χ1n) is 4.04. The van der Waals surface area contributed by atoms with Gasteiger partial charge in [0.15, 0.2) is 0 Å². The highest BCUT2D eigenvalue weighted by Gasteiger charge is 2.28. The van der Waals surface area contributed by atoms with Crippen LogP contribution in [0.3, 0.4) is 0 Å². The highest BCUT2D eigenvalue weighted by atomic mass is 32.2. The number of thioether (sulfide) groups is 1. The Balaban J connectivity index is 2.47. The van der Waals surface area contributed by atoms with Crippen LogP contribution in [0.25, 0.3) is 0 Å². The van der Waals surface area contributed by atoms with E-state index in [0.29, 0.717) is 6.42 Å². The smallest absolute Gasteiger partial charge is 0.139 e. The van der Waals surface area contributed by atoms with Gasteiger partial charge in [-0.1, -0.05) is 6.92 Å². The largest absolute Gasteiger partial charge is 0.392 e. The molecular formula is C8H14O2S. The lowest BCUT2D eigenvalue weighted by molar-refractivity contribution is -0.125. The number of hydrogen-bond acceptors (Lipinski definition) is 3. The summed E-state index contributed by atoms with van der Waals surface area (Å²) in [6.07, 6.45) is 0.965. The number of ketones is 1. The summed E-state index contributed by atoms with van der Waals surface area (Å²) < 4.78 is 0. The van der Waals surface area contributed by atoms with Crippen LogP contribution in [-0.2, 0) is 4.79 Å². The number of hydrogen-bond donors (Lipinski definition) is 1. The Labute approximate surface area is 71.4 Å². The number of aliphatic hydroxyl groups excluding tert-OH is 1. The molecular weight excluding hydrogens is 160 g/mol. The Morgan fingerprint density at radius 3 is 3.00 bits per heavy atom. The molecule has 0 aliphatic carbocycles. The average Bonchev–Trinajstić information content (AvgIpc) is 2.04. The summed E-state index contributed by atoms with van der Waals surface area (Å²) in [6.45, 7) is 1.86. The van der Waals surface area contributed by atoms with E-state index in [-0.39, 0.29) is 17.8 Å². The first-order chi connectivity index (χ1) is 5.25. The SMILES string of the molecule is CCC(=O)[C@@H]1CSCC[C@@H]1O. The van der Waals surface area contributed by atoms with Crippen LogP contribution in [0.5, 0.6) is 0 Å². The third-order valence-electron chi connectivity index (χ3n) is 2.08. The summed E-state index contributed by atoms with van der Waals surface area (Å²) in [5.41, 5.74) is 0. The highest BCUT2D eigenvalue weighted by Crippen LogP contribution is 2.24. The molecule has 0 unspecified atom stereocenters.